The molecule has 0 N–H and O–H groups in total. The smallest absolute Gasteiger partial charge is 0.228 e. The molecule has 0 atom stereocenters. The van der Waals surface area contributed by atoms with Gasteiger partial charge in [0.15, 0.2) is 0 Å². The average molecular weight is 411 g/mol. The van der Waals surface area contributed by atoms with Crippen molar-refractivity contribution in [1.29, 1.82) is 0 Å². The van der Waals surface area contributed by atoms with Gasteiger partial charge in [-0.1, -0.05) is 41.4 Å². The number of aromatic nitrogens is 2. The van der Waals surface area contributed by atoms with Crippen LogP contribution < -0.4 is 0 Å². The van der Waals surface area contributed by atoms with Crippen molar-refractivity contribution in [2.45, 2.75) is 32.7 Å². The van der Waals surface area contributed by atoms with Crippen LogP contribution in [-0.2, 0) is 11.2 Å². The van der Waals surface area contributed by atoms with Crippen LogP contribution >= 0.6 is 11.6 Å². The van der Waals surface area contributed by atoms with E-state index in [1.54, 1.807) is 0 Å². The van der Waals surface area contributed by atoms with Crippen LogP contribution in [0.1, 0.15) is 25.1 Å². The number of amides is 1. The first-order valence-electron chi connectivity index (χ1n) is 9.97. The third-order valence-electron chi connectivity index (χ3n) is 5.99. The number of benzene rings is 1. The van der Waals surface area contributed by atoms with Crippen molar-refractivity contribution in [3.8, 4) is 11.3 Å². The lowest BCUT2D eigenvalue weighted by molar-refractivity contribution is -0.135. The molecule has 1 aromatic carbocycles. The average Bonchev–Trinajstić information content (AvgIpc) is 3.02. The highest BCUT2D eigenvalue weighted by Crippen LogP contribution is 2.28. The highest BCUT2D eigenvalue weighted by atomic mass is 35.5. The Morgan fingerprint density at radius 1 is 1.14 bits per heavy atom. The number of pyridine rings is 1. The largest absolute Gasteiger partial charge is 0.339 e. The first kappa shape index (κ1) is 19.9. The van der Waals surface area contributed by atoms with Gasteiger partial charge >= 0.3 is 0 Å². The number of carbonyl (C=O) groups is 1. The lowest BCUT2D eigenvalue weighted by Crippen LogP contribution is -2.59. The van der Waals surface area contributed by atoms with Crippen LogP contribution in [0.25, 0.3) is 16.9 Å². The van der Waals surface area contributed by atoms with Crippen molar-refractivity contribution < 1.29 is 4.79 Å². The molecule has 0 saturated carbocycles. The summed E-state index contributed by atoms with van der Waals surface area (Å²) in [4.78, 5) is 22.4. The second-order valence-corrected chi connectivity index (χ2v) is 9.01. The zero-order chi connectivity index (χ0) is 20.8. The van der Waals surface area contributed by atoms with Crippen molar-refractivity contribution in [2.24, 2.45) is 0 Å². The van der Waals surface area contributed by atoms with Crippen LogP contribution in [0, 0.1) is 6.92 Å². The van der Waals surface area contributed by atoms with Crippen molar-refractivity contribution >= 4 is 23.2 Å². The van der Waals surface area contributed by atoms with Gasteiger partial charge in [-0.05, 0) is 40.0 Å². The number of imidazole rings is 1. The van der Waals surface area contributed by atoms with Crippen molar-refractivity contribution in [3.05, 3.63) is 58.9 Å². The number of nitrogens with zero attached hydrogens (tertiary/aromatic N) is 4. The van der Waals surface area contributed by atoms with Gasteiger partial charge in [-0.15, -0.1) is 0 Å². The molecular weight excluding hydrogens is 384 g/mol. The number of likely N-dealkylation sites (N-methyl/N-ethyl adjacent to an activating group) is 1. The Morgan fingerprint density at radius 2 is 1.86 bits per heavy atom. The Kier molecular flexibility index (Phi) is 5.13. The van der Waals surface area contributed by atoms with E-state index < -0.39 is 0 Å². The topological polar surface area (TPSA) is 40.9 Å². The molecule has 1 fully saturated rings. The minimum absolute atomic E-state index is 0.0313. The Labute approximate surface area is 176 Å². The van der Waals surface area contributed by atoms with E-state index >= 15 is 0 Å². The highest BCUT2D eigenvalue weighted by molar-refractivity contribution is 6.30. The summed E-state index contributed by atoms with van der Waals surface area (Å²) in [5, 5.41) is 0.625. The molecule has 4 rings (SSSR count). The molecule has 0 radical (unpaired) electrons. The molecule has 6 heteroatoms. The molecule has 0 aliphatic carbocycles. The third-order valence-corrected chi connectivity index (χ3v) is 6.22. The van der Waals surface area contributed by atoms with E-state index in [0.717, 1.165) is 42.2 Å². The van der Waals surface area contributed by atoms with Gasteiger partial charge in [0.1, 0.15) is 5.65 Å². The van der Waals surface area contributed by atoms with Gasteiger partial charge in [0, 0.05) is 36.9 Å². The van der Waals surface area contributed by atoms with Crippen molar-refractivity contribution in [2.75, 3.05) is 26.7 Å². The minimum atomic E-state index is -0.0313. The van der Waals surface area contributed by atoms with Gasteiger partial charge in [0.05, 0.1) is 22.8 Å². The maximum atomic E-state index is 13.3. The molecule has 3 heterocycles. The number of carbonyl (C=O) groups excluding carboxylic acids is 1. The van der Waals surface area contributed by atoms with Crippen LogP contribution in [0.2, 0.25) is 5.02 Å². The Hall–Kier alpha value is -2.37. The zero-order valence-corrected chi connectivity index (χ0v) is 18.2. The Bertz CT molecular complexity index is 1050. The molecule has 1 amide bonds. The number of hydrogen-bond acceptors (Lipinski definition) is 3. The molecule has 0 spiro atoms. The maximum absolute atomic E-state index is 13.3. The fourth-order valence-electron chi connectivity index (χ4n) is 3.89. The van der Waals surface area contributed by atoms with Gasteiger partial charge < -0.3 is 9.30 Å². The molecule has 152 valence electrons. The summed E-state index contributed by atoms with van der Waals surface area (Å²) in [5.41, 5.74) is 4.69. The van der Waals surface area contributed by atoms with Gasteiger partial charge in [0.2, 0.25) is 5.91 Å². The van der Waals surface area contributed by atoms with Crippen LogP contribution in [0.4, 0.5) is 0 Å². The Morgan fingerprint density at radius 3 is 2.55 bits per heavy atom. The number of fused-ring (bicyclic) bond motifs is 1. The number of hydrogen-bond donors (Lipinski definition) is 0. The van der Waals surface area contributed by atoms with Gasteiger partial charge in [-0.3, -0.25) is 9.69 Å². The molecule has 29 heavy (non-hydrogen) atoms. The van der Waals surface area contributed by atoms with Crippen LogP contribution in [0.3, 0.4) is 0 Å². The summed E-state index contributed by atoms with van der Waals surface area (Å²) in [6, 6.07) is 12.0. The highest BCUT2D eigenvalue weighted by Gasteiger charge is 2.33. The van der Waals surface area contributed by atoms with Gasteiger partial charge in [-0.25, -0.2) is 4.98 Å². The van der Waals surface area contributed by atoms with Crippen LogP contribution in [0.5, 0.6) is 0 Å². The van der Waals surface area contributed by atoms with E-state index in [0.29, 0.717) is 11.4 Å². The minimum Gasteiger partial charge on any atom is -0.339 e. The molecule has 1 saturated heterocycles. The number of aryl methyl sites for hydroxylation is 1. The molecule has 2 aromatic heterocycles. The Balaban J connectivity index is 1.72. The van der Waals surface area contributed by atoms with Crippen molar-refractivity contribution in [1.82, 2.24) is 19.2 Å². The lowest BCUT2D eigenvalue weighted by Gasteiger charge is -2.45. The molecule has 1 aliphatic rings. The summed E-state index contributed by atoms with van der Waals surface area (Å²) >= 11 is 6.26. The van der Waals surface area contributed by atoms with E-state index in [4.69, 9.17) is 16.6 Å². The second-order valence-electron chi connectivity index (χ2n) is 8.57. The number of rotatable bonds is 3. The summed E-state index contributed by atoms with van der Waals surface area (Å²) in [6.45, 7) is 8.77. The maximum Gasteiger partial charge on any atom is 0.228 e. The van der Waals surface area contributed by atoms with E-state index in [1.165, 1.54) is 5.56 Å². The van der Waals surface area contributed by atoms with E-state index in [-0.39, 0.29) is 11.4 Å². The van der Waals surface area contributed by atoms with Crippen LogP contribution in [-0.4, -0.2) is 57.3 Å². The van der Waals surface area contributed by atoms with E-state index in [1.807, 2.05) is 27.6 Å². The number of piperazine rings is 1. The molecule has 3 aromatic rings. The standard InChI is InChI=1S/C23H27ClN4O/c1-16-5-7-17(8-6-16)22-19(28-14-18(24)9-10-20(28)25-22)13-21(29)27-12-11-26(4)23(2,3)15-27/h5-10,14H,11-13,15H2,1-4H3. The molecule has 5 nitrogen and oxygen atoms in total. The SMILES string of the molecule is Cc1ccc(-c2nc3ccc(Cl)cn3c2CC(=O)N2CCN(C)C(C)(C)C2)cc1. The van der Waals surface area contributed by atoms with Crippen molar-refractivity contribution in [3.63, 3.8) is 0 Å². The molecule has 0 unspecified atom stereocenters. The summed E-state index contributed by atoms with van der Waals surface area (Å²) in [7, 11) is 2.11. The summed E-state index contributed by atoms with van der Waals surface area (Å²) < 4.78 is 1.95. The third kappa shape index (κ3) is 3.89. The monoisotopic (exact) mass is 410 g/mol. The normalized spacial score (nSPS) is 17.1. The zero-order valence-electron chi connectivity index (χ0n) is 17.4. The quantitative estimate of drug-likeness (QED) is 0.653. The molecule has 1 aliphatic heterocycles. The molecular formula is C23H27ClN4O. The van der Waals surface area contributed by atoms with Gasteiger partial charge in [-0.2, -0.15) is 0 Å². The summed E-state index contributed by atoms with van der Waals surface area (Å²) in [5.74, 6) is 0.126. The lowest BCUT2D eigenvalue weighted by atomic mass is 9.99. The molecule has 0 bridgehead atoms. The fourth-order valence-corrected chi connectivity index (χ4v) is 4.05. The van der Waals surface area contributed by atoms with E-state index in [9.17, 15) is 4.79 Å². The van der Waals surface area contributed by atoms with Gasteiger partial charge in [0.25, 0.3) is 0 Å². The van der Waals surface area contributed by atoms with Crippen LogP contribution in [0.15, 0.2) is 42.6 Å². The fraction of sp³-hybridized carbons (Fsp3) is 0.391. The predicted molar refractivity (Wildman–Crippen MR) is 117 cm³/mol. The second kappa shape index (κ2) is 7.47. The first-order valence-corrected chi connectivity index (χ1v) is 10.3. The summed E-state index contributed by atoms with van der Waals surface area (Å²) in [6.07, 6.45) is 2.14. The number of halogens is 1. The first-order chi connectivity index (χ1) is 13.7. The van der Waals surface area contributed by atoms with E-state index in [2.05, 4.69) is 57.0 Å². The predicted octanol–water partition coefficient (Wildman–Crippen LogP) is 4.06.